The number of benzene rings is 1. The highest BCUT2D eigenvalue weighted by molar-refractivity contribution is 6.02. The number of aromatic hydroxyl groups is 2. The molecule has 0 bridgehead atoms. The van der Waals surface area contributed by atoms with Crippen LogP contribution in [-0.2, 0) is 0 Å². The molecule has 0 saturated carbocycles. The molecule has 5 nitrogen and oxygen atoms in total. The minimum atomic E-state index is -0.416. The number of ketones is 1. The van der Waals surface area contributed by atoms with Gasteiger partial charge in [-0.25, -0.2) is 0 Å². The Balaban J connectivity index is 1.95. The predicted molar refractivity (Wildman–Crippen MR) is 71.2 cm³/mol. The second kappa shape index (κ2) is 4.59. The number of phenols is 2. The van der Waals surface area contributed by atoms with E-state index >= 15 is 0 Å². The highest BCUT2D eigenvalue weighted by Gasteiger charge is 2.32. The number of aliphatic hydroxyl groups excluding tert-OH is 1. The fourth-order valence-electron chi connectivity index (χ4n) is 2.54. The molecule has 2 aliphatic rings. The molecule has 1 aliphatic carbocycles. The molecule has 3 N–H and O–H groups in total. The predicted octanol–water partition coefficient (Wildman–Crippen LogP) is 2.59. The summed E-state index contributed by atoms with van der Waals surface area (Å²) in [5.41, 5.74) is 1.04. The molecule has 1 aliphatic heterocycles. The van der Waals surface area contributed by atoms with E-state index in [-0.39, 0.29) is 35.0 Å². The summed E-state index contributed by atoms with van der Waals surface area (Å²) in [6.45, 7) is 0. The van der Waals surface area contributed by atoms with Gasteiger partial charge in [0.2, 0.25) is 0 Å². The van der Waals surface area contributed by atoms with Crippen LogP contribution in [0.2, 0.25) is 0 Å². The zero-order chi connectivity index (χ0) is 14.3. The van der Waals surface area contributed by atoms with Crippen molar-refractivity contribution in [3.8, 4) is 17.2 Å². The van der Waals surface area contributed by atoms with Crippen molar-refractivity contribution in [1.82, 2.24) is 0 Å². The highest BCUT2D eigenvalue weighted by atomic mass is 16.5. The van der Waals surface area contributed by atoms with Crippen molar-refractivity contribution < 1.29 is 24.9 Å². The van der Waals surface area contributed by atoms with Crippen molar-refractivity contribution in [2.24, 2.45) is 0 Å². The molecule has 20 heavy (non-hydrogen) atoms. The number of aliphatic hydroxyl groups is 1. The summed E-state index contributed by atoms with van der Waals surface area (Å²) < 4.78 is 5.72. The summed E-state index contributed by atoms with van der Waals surface area (Å²) >= 11 is 0. The first-order valence-electron chi connectivity index (χ1n) is 6.39. The first kappa shape index (κ1) is 12.6. The Kier molecular flexibility index (Phi) is 2.89. The number of hydrogen-bond donors (Lipinski definition) is 3. The SMILES string of the molecule is O=C1C[C@H](C2=CC=C(O)CC2)Oc2cc(O)cc(O)c21. The van der Waals surface area contributed by atoms with Gasteiger partial charge in [0.15, 0.2) is 5.78 Å². The summed E-state index contributed by atoms with van der Waals surface area (Å²) in [5, 5.41) is 28.5. The number of phenolic OH excluding ortho intramolecular Hbond substituents is 2. The monoisotopic (exact) mass is 274 g/mol. The molecule has 1 aromatic rings. The second-order valence-corrected chi connectivity index (χ2v) is 4.97. The van der Waals surface area contributed by atoms with Crippen molar-refractivity contribution in [1.29, 1.82) is 0 Å². The Bertz CT molecular complexity index is 642. The zero-order valence-electron chi connectivity index (χ0n) is 10.7. The average molecular weight is 274 g/mol. The van der Waals surface area contributed by atoms with E-state index in [2.05, 4.69) is 0 Å². The van der Waals surface area contributed by atoms with Crippen molar-refractivity contribution in [2.45, 2.75) is 25.4 Å². The fraction of sp³-hybridized carbons (Fsp3) is 0.267. The van der Waals surface area contributed by atoms with Crippen LogP contribution < -0.4 is 4.74 Å². The van der Waals surface area contributed by atoms with E-state index in [1.54, 1.807) is 12.2 Å². The Morgan fingerprint density at radius 2 is 1.90 bits per heavy atom. The maximum absolute atomic E-state index is 12.1. The molecule has 104 valence electrons. The molecular weight excluding hydrogens is 260 g/mol. The third-order valence-electron chi connectivity index (χ3n) is 3.56. The van der Waals surface area contributed by atoms with Gasteiger partial charge in [0, 0.05) is 18.6 Å². The summed E-state index contributed by atoms with van der Waals surface area (Å²) in [6.07, 6.45) is 4.23. The van der Waals surface area contributed by atoms with Gasteiger partial charge in [0.25, 0.3) is 0 Å². The van der Waals surface area contributed by atoms with E-state index in [1.165, 1.54) is 6.07 Å². The number of fused-ring (bicyclic) bond motifs is 1. The number of ether oxygens (including phenoxy) is 1. The molecular formula is C15H14O5. The summed E-state index contributed by atoms with van der Waals surface area (Å²) in [6, 6.07) is 2.46. The smallest absolute Gasteiger partial charge is 0.174 e. The van der Waals surface area contributed by atoms with Crippen LogP contribution in [0.4, 0.5) is 0 Å². The normalized spacial score (nSPS) is 21.6. The third kappa shape index (κ3) is 2.11. The summed E-state index contributed by atoms with van der Waals surface area (Å²) in [7, 11) is 0. The molecule has 1 aromatic carbocycles. The standard InChI is InChI=1S/C15H14O5/c16-9-3-1-8(2-4-9)13-7-12(19)15-11(18)5-10(17)6-14(15)20-13/h1,3,5-6,13,16-18H,2,4,7H2/t13-/m1/s1. The van der Waals surface area contributed by atoms with Gasteiger partial charge < -0.3 is 20.1 Å². The number of rotatable bonds is 1. The molecule has 0 amide bonds. The lowest BCUT2D eigenvalue weighted by molar-refractivity contribution is 0.0877. The molecule has 1 heterocycles. The Hall–Kier alpha value is -2.43. The maximum Gasteiger partial charge on any atom is 0.174 e. The van der Waals surface area contributed by atoms with Crippen LogP contribution in [0.15, 0.2) is 35.6 Å². The highest BCUT2D eigenvalue weighted by Crippen LogP contribution is 2.39. The second-order valence-electron chi connectivity index (χ2n) is 4.97. The molecule has 5 heteroatoms. The number of hydrogen-bond acceptors (Lipinski definition) is 5. The van der Waals surface area contributed by atoms with Gasteiger partial charge in [-0.3, -0.25) is 4.79 Å². The van der Waals surface area contributed by atoms with Crippen LogP contribution in [0, 0.1) is 0 Å². The van der Waals surface area contributed by atoms with Crippen molar-refractivity contribution in [2.75, 3.05) is 0 Å². The average Bonchev–Trinajstić information content (AvgIpc) is 2.38. The topological polar surface area (TPSA) is 87.0 Å². The number of allylic oxidation sites excluding steroid dienone is 3. The Labute approximate surface area is 115 Å². The van der Waals surface area contributed by atoms with Gasteiger partial charge in [0.05, 0.1) is 12.2 Å². The minimum Gasteiger partial charge on any atom is -0.512 e. The zero-order valence-corrected chi connectivity index (χ0v) is 10.7. The molecule has 0 radical (unpaired) electrons. The van der Waals surface area contributed by atoms with Crippen molar-refractivity contribution >= 4 is 5.78 Å². The van der Waals surface area contributed by atoms with Crippen LogP contribution in [0.3, 0.4) is 0 Å². The van der Waals surface area contributed by atoms with E-state index in [9.17, 15) is 20.1 Å². The van der Waals surface area contributed by atoms with Crippen molar-refractivity contribution in [3.63, 3.8) is 0 Å². The molecule has 1 atom stereocenters. The van der Waals surface area contributed by atoms with E-state index in [0.29, 0.717) is 18.6 Å². The number of carbonyl (C=O) groups is 1. The minimum absolute atomic E-state index is 0.119. The molecule has 3 rings (SSSR count). The van der Waals surface area contributed by atoms with E-state index in [0.717, 1.165) is 11.6 Å². The van der Waals surface area contributed by atoms with Crippen LogP contribution in [0.5, 0.6) is 17.2 Å². The largest absolute Gasteiger partial charge is 0.512 e. The third-order valence-corrected chi connectivity index (χ3v) is 3.56. The van der Waals surface area contributed by atoms with Gasteiger partial charge in [-0.15, -0.1) is 0 Å². The lowest BCUT2D eigenvalue weighted by Crippen LogP contribution is -2.29. The number of carbonyl (C=O) groups excluding carboxylic acids is 1. The fourth-order valence-corrected chi connectivity index (χ4v) is 2.54. The van der Waals surface area contributed by atoms with Gasteiger partial charge in [-0.05, 0) is 18.1 Å². The van der Waals surface area contributed by atoms with E-state index in [4.69, 9.17) is 4.74 Å². The van der Waals surface area contributed by atoms with Gasteiger partial charge in [-0.2, -0.15) is 0 Å². The molecule has 0 unspecified atom stereocenters. The lowest BCUT2D eigenvalue weighted by atomic mass is 9.91. The van der Waals surface area contributed by atoms with Crippen LogP contribution in [0.1, 0.15) is 29.6 Å². The van der Waals surface area contributed by atoms with E-state index < -0.39 is 6.10 Å². The van der Waals surface area contributed by atoms with Gasteiger partial charge >= 0.3 is 0 Å². The van der Waals surface area contributed by atoms with Crippen molar-refractivity contribution in [3.05, 3.63) is 41.2 Å². The first-order chi connectivity index (χ1) is 9.54. The van der Waals surface area contributed by atoms with Gasteiger partial charge in [0.1, 0.15) is 28.9 Å². The van der Waals surface area contributed by atoms with E-state index in [1.807, 2.05) is 0 Å². The number of Topliss-reactive ketones (excluding diaryl/α,β-unsaturated/α-hetero) is 1. The first-order valence-corrected chi connectivity index (χ1v) is 6.39. The summed E-state index contributed by atoms with van der Waals surface area (Å²) in [4.78, 5) is 12.1. The Morgan fingerprint density at radius 3 is 2.60 bits per heavy atom. The van der Waals surface area contributed by atoms with Gasteiger partial charge in [-0.1, -0.05) is 6.08 Å². The maximum atomic E-state index is 12.1. The molecule has 0 aromatic heterocycles. The lowest BCUT2D eigenvalue weighted by Gasteiger charge is -2.28. The molecule has 0 saturated heterocycles. The Morgan fingerprint density at radius 1 is 1.10 bits per heavy atom. The van der Waals surface area contributed by atoms with Crippen LogP contribution >= 0.6 is 0 Å². The summed E-state index contributed by atoms with van der Waals surface area (Å²) in [5.74, 6) is -0.119. The molecule has 0 fully saturated rings. The molecule has 0 spiro atoms. The quantitative estimate of drug-likeness (QED) is 0.732. The van der Waals surface area contributed by atoms with Crippen LogP contribution in [0.25, 0.3) is 0 Å². The van der Waals surface area contributed by atoms with Crippen LogP contribution in [-0.4, -0.2) is 27.2 Å².